The number of carbonyl (C=O) groups excluding carboxylic acids is 6. The highest BCUT2D eigenvalue weighted by molar-refractivity contribution is 8.03. The van der Waals surface area contributed by atoms with E-state index in [0.717, 1.165) is 6.42 Å². The molecule has 0 aromatic heterocycles. The van der Waals surface area contributed by atoms with Gasteiger partial charge in [-0.2, -0.15) is 0 Å². The molecule has 0 spiro atoms. The number of carbonyl (C=O) groups is 6. The average molecular weight is 882 g/mol. The Labute approximate surface area is 363 Å². The number of rotatable bonds is 11. The van der Waals surface area contributed by atoms with Crippen molar-refractivity contribution in [2.75, 3.05) is 12.4 Å². The number of nitrogens with one attached hydrogen (secondary N) is 1. The Balaban J connectivity index is 1.26. The van der Waals surface area contributed by atoms with Crippen LogP contribution < -0.4 is 5.32 Å². The molecule has 2 heterocycles. The lowest BCUT2D eigenvalue weighted by Crippen LogP contribution is -2.82. The zero-order valence-corrected chi connectivity index (χ0v) is 36.3. The van der Waals surface area contributed by atoms with Crippen LogP contribution in [0.5, 0.6) is 0 Å². The first kappa shape index (κ1) is 44.3. The summed E-state index contributed by atoms with van der Waals surface area (Å²) in [5.74, 6) is -5.73. The molecule has 11 atom stereocenters. The maximum Gasteiger partial charge on any atom is 0.408 e. The normalized spacial score (nSPS) is 35.7. The van der Waals surface area contributed by atoms with E-state index < -0.39 is 119 Å². The number of thioether (sulfide) groups is 1. The number of amides is 1. The van der Waals surface area contributed by atoms with Gasteiger partial charge in [-0.05, 0) is 75.7 Å². The molecule has 1 saturated heterocycles. The van der Waals surface area contributed by atoms with Crippen molar-refractivity contribution in [3.8, 4) is 0 Å². The van der Waals surface area contributed by atoms with Crippen LogP contribution in [-0.2, 0) is 47.6 Å². The van der Waals surface area contributed by atoms with Crippen LogP contribution in [-0.4, -0.2) is 123 Å². The fraction of sp³-hybridized carbons (Fsp3) is 0.644. The molecule has 7 aliphatic rings. The van der Waals surface area contributed by atoms with Gasteiger partial charge in [0, 0.05) is 35.8 Å². The first-order valence-electron chi connectivity index (χ1n) is 21.5. The number of ketones is 1. The summed E-state index contributed by atoms with van der Waals surface area (Å²) in [4.78, 5) is 84.5. The summed E-state index contributed by atoms with van der Waals surface area (Å²) < 4.78 is 36.2. The Hall–Kier alpha value is -4.29. The molecule has 5 fully saturated rings. The number of benzene rings is 1. The van der Waals surface area contributed by atoms with Crippen molar-refractivity contribution in [3.63, 3.8) is 0 Å². The minimum atomic E-state index is -2.36. The second-order valence-corrected chi connectivity index (χ2v) is 19.7. The Kier molecular flexibility index (Phi) is 11.7. The third kappa shape index (κ3) is 7.34. The largest absolute Gasteiger partial charge is 0.456 e. The monoisotopic (exact) mass is 881 g/mol. The molecule has 336 valence electrons. The van der Waals surface area contributed by atoms with Crippen molar-refractivity contribution in [1.82, 2.24) is 5.32 Å². The first-order valence-corrected chi connectivity index (χ1v) is 22.4. The van der Waals surface area contributed by atoms with Crippen LogP contribution in [0.1, 0.15) is 96.3 Å². The van der Waals surface area contributed by atoms with Gasteiger partial charge in [-0.1, -0.05) is 38.1 Å². The molecule has 0 radical (unpaired) electrons. The van der Waals surface area contributed by atoms with Crippen molar-refractivity contribution in [1.29, 1.82) is 0 Å². The highest BCUT2D eigenvalue weighted by Crippen LogP contribution is 2.64. The van der Waals surface area contributed by atoms with E-state index in [-0.39, 0.29) is 35.8 Å². The van der Waals surface area contributed by atoms with Gasteiger partial charge in [0.2, 0.25) is 0 Å². The molecular weight excluding hydrogens is 827 g/mol. The van der Waals surface area contributed by atoms with E-state index in [4.69, 9.17) is 28.4 Å². The highest BCUT2D eigenvalue weighted by atomic mass is 32.2. The van der Waals surface area contributed by atoms with Crippen molar-refractivity contribution >= 4 is 47.5 Å². The van der Waals surface area contributed by atoms with Gasteiger partial charge in [0.15, 0.2) is 23.6 Å². The van der Waals surface area contributed by atoms with Crippen LogP contribution >= 0.6 is 11.8 Å². The molecule has 16 nitrogen and oxygen atoms in total. The van der Waals surface area contributed by atoms with E-state index >= 15 is 4.79 Å². The molecule has 1 aromatic carbocycles. The average Bonchev–Trinajstić information content (AvgIpc) is 3.93. The molecule has 4 saturated carbocycles. The Morgan fingerprint density at radius 3 is 2.27 bits per heavy atom. The van der Waals surface area contributed by atoms with Gasteiger partial charge in [-0.15, -0.1) is 11.8 Å². The standard InChI is InChI=1S/C45H55NO15S/c1-22-27(58-40(53)33(49)32(28-15-10-18-62-28)46-41(54)57-26-13-9-14-26)20-45(55)37(60-39(52)24-11-7-6-8-12-24)35-43(5,29(48)19-30-44(35,21-56-30)61-23(2)47)36(50)34(31(22)42(45,3)4)59-38(51)25-16-17-25/h6-8,11-12,15,25-27,29-30,32-35,37,48-49,55H,9-10,13-14,16-21H2,1-5H3,(H,46,54)/t27-,29-,30+,32-,33+,34+,35?,37-,43+,44-,45+/m0/s1. The van der Waals surface area contributed by atoms with Crippen LogP contribution in [0.25, 0.3) is 0 Å². The fourth-order valence-corrected chi connectivity index (χ4v) is 11.6. The number of allylic oxidation sites excluding steroid dienone is 1. The molecule has 1 aromatic rings. The van der Waals surface area contributed by atoms with E-state index in [1.807, 2.05) is 0 Å². The summed E-state index contributed by atoms with van der Waals surface area (Å²) in [5.41, 5.74) is -7.44. The fourth-order valence-electron chi connectivity index (χ4n) is 10.5. The lowest BCUT2D eigenvalue weighted by atomic mass is 9.44. The number of fused-ring (bicyclic) bond motifs is 5. The van der Waals surface area contributed by atoms with E-state index in [1.165, 1.54) is 37.7 Å². The Morgan fingerprint density at radius 1 is 0.984 bits per heavy atom. The maximum absolute atomic E-state index is 15.7. The number of esters is 4. The van der Waals surface area contributed by atoms with E-state index in [0.29, 0.717) is 42.8 Å². The number of aliphatic hydroxyl groups excluding tert-OH is 2. The summed E-state index contributed by atoms with van der Waals surface area (Å²) in [6, 6.07) is 6.67. The summed E-state index contributed by atoms with van der Waals surface area (Å²) in [5, 5.41) is 40.2. The second-order valence-electron chi connectivity index (χ2n) is 18.6. The zero-order valence-electron chi connectivity index (χ0n) is 35.5. The number of aliphatic hydroxyl groups is 3. The van der Waals surface area contributed by atoms with E-state index in [2.05, 4.69) is 5.32 Å². The summed E-state index contributed by atoms with van der Waals surface area (Å²) in [6.07, 6.45) is -5.56. The van der Waals surface area contributed by atoms with Gasteiger partial charge in [-0.25, -0.2) is 14.4 Å². The van der Waals surface area contributed by atoms with Crippen molar-refractivity contribution in [2.45, 2.75) is 146 Å². The molecule has 8 rings (SSSR count). The summed E-state index contributed by atoms with van der Waals surface area (Å²) >= 11 is 1.35. The number of hydrogen-bond donors (Lipinski definition) is 4. The van der Waals surface area contributed by atoms with Gasteiger partial charge in [0.05, 0.1) is 41.6 Å². The Bertz CT molecular complexity index is 2080. The van der Waals surface area contributed by atoms with Gasteiger partial charge >= 0.3 is 30.0 Å². The lowest BCUT2D eigenvalue weighted by molar-refractivity contribution is -0.346. The molecule has 5 aliphatic carbocycles. The van der Waals surface area contributed by atoms with E-state index in [1.54, 1.807) is 45.0 Å². The third-order valence-electron chi connectivity index (χ3n) is 14.5. The molecule has 4 N–H and O–H groups in total. The topological polar surface area (TPSA) is 231 Å². The van der Waals surface area contributed by atoms with Gasteiger partial charge < -0.3 is 49.1 Å². The summed E-state index contributed by atoms with van der Waals surface area (Å²) in [6.45, 7) is 7.07. The number of hydrogen-bond acceptors (Lipinski definition) is 16. The van der Waals surface area contributed by atoms with Crippen LogP contribution in [0.15, 0.2) is 52.5 Å². The first-order chi connectivity index (χ1) is 29.3. The van der Waals surface area contributed by atoms with Crippen molar-refractivity contribution in [2.24, 2.45) is 22.7 Å². The zero-order chi connectivity index (χ0) is 44.5. The molecule has 2 aliphatic heterocycles. The minimum Gasteiger partial charge on any atom is -0.456 e. The third-order valence-corrected chi connectivity index (χ3v) is 15.7. The Morgan fingerprint density at radius 2 is 1.69 bits per heavy atom. The number of alkyl carbamates (subject to hydrolysis) is 1. The molecule has 1 unspecified atom stereocenters. The maximum atomic E-state index is 15.7. The predicted octanol–water partition coefficient (Wildman–Crippen LogP) is 3.62. The number of Topliss-reactive ketones (excluding diaryl/α,β-unsaturated/α-hetero) is 1. The lowest BCUT2D eigenvalue weighted by Gasteiger charge is -2.67. The van der Waals surface area contributed by atoms with Crippen molar-refractivity contribution < 1.29 is 72.5 Å². The van der Waals surface area contributed by atoms with Crippen LogP contribution in [0.3, 0.4) is 0 Å². The molecular formula is C45H55NO15S. The molecule has 2 bridgehead atoms. The minimum absolute atomic E-state index is 0.0477. The van der Waals surface area contributed by atoms with Gasteiger partial charge in [0.1, 0.15) is 30.0 Å². The number of ether oxygens (including phenoxy) is 6. The summed E-state index contributed by atoms with van der Waals surface area (Å²) in [7, 11) is 0. The molecule has 1 amide bonds. The van der Waals surface area contributed by atoms with Gasteiger partial charge in [0.25, 0.3) is 0 Å². The molecule has 17 heteroatoms. The SMILES string of the molecule is CC(=O)O[C@@]12CO[C@@H]1C[C@H](O)[C@@]1(C)C(=O)[C@H](OC(=O)C3CC3)C3=C(C)[C@@H](OC(=O)[C@H](O)[C@@H](NC(=O)OC4CCC4)C4=CCCS4)C[C@@](O)([C@@H](OC(=O)c4ccccc4)C12)C3(C)C. The van der Waals surface area contributed by atoms with E-state index in [9.17, 15) is 39.3 Å². The van der Waals surface area contributed by atoms with Crippen LogP contribution in [0.4, 0.5) is 4.79 Å². The van der Waals surface area contributed by atoms with Crippen LogP contribution in [0, 0.1) is 22.7 Å². The second kappa shape index (κ2) is 16.4. The van der Waals surface area contributed by atoms with Crippen molar-refractivity contribution in [3.05, 3.63) is 58.0 Å². The smallest absolute Gasteiger partial charge is 0.408 e. The quantitative estimate of drug-likeness (QED) is 0.141. The highest BCUT2D eigenvalue weighted by Gasteiger charge is 2.78. The van der Waals surface area contributed by atoms with Crippen LogP contribution in [0.2, 0.25) is 0 Å². The van der Waals surface area contributed by atoms with Gasteiger partial charge in [-0.3, -0.25) is 14.4 Å². The predicted molar refractivity (Wildman–Crippen MR) is 218 cm³/mol. The molecule has 62 heavy (non-hydrogen) atoms.